The van der Waals surface area contributed by atoms with Gasteiger partial charge in [-0.25, -0.2) is 9.79 Å². The smallest absolute Gasteiger partial charge is 0.354 e. The molecule has 0 fully saturated rings. The van der Waals surface area contributed by atoms with Gasteiger partial charge in [-0.3, -0.25) is 9.59 Å². The molecular weight excluding hydrogens is 380 g/mol. The van der Waals surface area contributed by atoms with Crippen molar-refractivity contribution in [2.24, 2.45) is 10.9 Å². The fourth-order valence-electron chi connectivity index (χ4n) is 2.38. The highest BCUT2D eigenvalue weighted by Gasteiger charge is 2.09. The predicted octanol–water partition coefficient (Wildman–Crippen LogP) is 4.12. The van der Waals surface area contributed by atoms with Gasteiger partial charge in [0.1, 0.15) is 5.70 Å². The predicted molar refractivity (Wildman–Crippen MR) is 120 cm³/mol. The van der Waals surface area contributed by atoms with Crippen LogP contribution in [0.1, 0.15) is 45.2 Å². The number of aromatic nitrogens is 1. The average molecular weight is 411 g/mol. The minimum Gasteiger partial charge on any atom is -0.477 e. The van der Waals surface area contributed by atoms with Crippen LogP contribution in [0.2, 0.25) is 0 Å². The van der Waals surface area contributed by atoms with Crippen LogP contribution in [-0.2, 0) is 22.6 Å². The minimum absolute atomic E-state index is 0.0436. The Morgan fingerprint density at radius 2 is 1.73 bits per heavy atom. The summed E-state index contributed by atoms with van der Waals surface area (Å²) in [6.45, 7) is 8.02. The summed E-state index contributed by atoms with van der Waals surface area (Å²) in [5, 5.41) is 8.59. The van der Waals surface area contributed by atoms with E-state index in [2.05, 4.69) is 36.2 Å². The van der Waals surface area contributed by atoms with Gasteiger partial charge in [0.05, 0.1) is 12.8 Å². The fourth-order valence-corrected chi connectivity index (χ4v) is 2.38. The van der Waals surface area contributed by atoms with Crippen molar-refractivity contribution in [1.29, 1.82) is 0 Å². The second-order valence-electron chi connectivity index (χ2n) is 6.79. The van der Waals surface area contributed by atoms with Crippen LogP contribution in [0.5, 0.6) is 0 Å². The Bertz CT molecular complexity index is 940. The zero-order valence-electron chi connectivity index (χ0n) is 18.0. The number of benzene rings is 1. The van der Waals surface area contributed by atoms with Crippen molar-refractivity contribution in [2.75, 3.05) is 0 Å². The van der Waals surface area contributed by atoms with E-state index in [1.165, 1.54) is 11.6 Å². The Kier molecular flexibility index (Phi) is 10.8. The van der Waals surface area contributed by atoms with Gasteiger partial charge in [-0.15, -0.1) is 0 Å². The highest BCUT2D eigenvalue weighted by atomic mass is 16.4. The first kappa shape index (κ1) is 24.8. The first-order valence-corrected chi connectivity index (χ1v) is 10.0. The number of pyridine rings is 1. The molecule has 1 N–H and O–H groups in total. The van der Waals surface area contributed by atoms with Crippen molar-refractivity contribution in [2.45, 2.75) is 47.1 Å². The first-order valence-electron chi connectivity index (χ1n) is 10.0. The normalized spacial score (nSPS) is 12.2. The summed E-state index contributed by atoms with van der Waals surface area (Å²) in [6.07, 6.45) is 6.02. The maximum Gasteiger partial charge on any atom is 0.354 e. The van der Waals surface area contributed by atoms with E-state index in [0.717, 1.165) is 24.6 Å². The molecule has 0 aliphatic rings. The van der Waals surface area contributed by atoms with Crippen LogP contribution in [0.25, 0.3) is 0 Å². The molecule has 30 heavy (non-hydrogen) atoms. The Balaban J connectivity index is 0.000000304. The maximum atomic E-state index is 11.5. The molecule has 0 aliphatic carbocycles. The van der Waals surface area contributed by atoms with Crippen molar-refractivity contribution in [1.82, 2.24) is 4.57 Å². The molecule has 0 radical (unpaired) electrons. The molecule has 160 valence electrons. The van der Waals surface area contributed by atoms with Gasteiger partial charge in [0, 0.05) is 18.2 Å². The van der Waals surface area contributed by atoms with Crippen molar-refractivity contribution in [3.05, 3.63) is 81.9 Å². The molecule has 0 saturated heterocycles. The topological polar surface area (TPSA) is 88.7 Å². The summed E-state index contributed by atoms with van der Waals surface area (Å²) in [4.78, 5) is 36.8. The van der Waals surface area contributed by atoms with Crippen molar-refractivity contribution in [3.63, 3.8) is 0 Å². The lowest BCUT2D eigenvalue weighted by molar-refractivity contribution is -0.132. The number of allylic oxidation sites excluding steroid dienone is 1. The molecule has 6 heteroatoms. The molecule has 2 aromatic rings. The SMILES string of the molecule is C/C=C(\N=CC(=O)C(C)CC)C(=O)O.CCc1ccc(Cn2ccccc2=O)cc1. The molecule has 0 bridgehead atoms. The number of aliphatic carboxylic acids is 1. The molecule has 1 atom stereocenters. The molecule has 0 amide bonds. The Labute approximate surface area is 177 Å². The van der Waals surface area contributed by atoms with Gasteiger partial charge < -0.3 is 9.67 Å². The first-order chi connectivity index (χ1) is 14.3. The van der Waals surface area contributed by atoms with Crippen molar-refractivity contribution in [3.8, 4) is 0 Å². The molecule has 1 heterocycles. The highest BCUT2D eigenvalue weighted by molar-refractivity contribution is 6.28. The van der Waals surface area contributed by atoms with E-state index in [-0.39, 0.29) is 23.0 Å². The quantitative estimate of drug-likeness (QED) is 0.524. The number of aliphatic imine (C=N–C) groups is 1. The number of hydrogen-bond donors (Lipinski definition) is 1. The average Bonchev–Trinajstić information content (AvgIpc) is 2.75. The maximum absolute atomic E-state index is 11.5. The lowest BCUT2D eigenvalue weighted by Gasteiger charge is -2.05. The number of carbonyl (C=O) groups excluding carboxylic acids is 1. The number of hydrogen-bond acceptors (Lipinski definition) is 4. The zero-order chi connectivity index (χ0) is 22.5. The van der Waals surface area contributed by atoms with Crippen LogP contribution in [-0.4, -0.2) is 27.6 Å². The van der Waals surface area contributed by atoms with E-state index in [9.17, 15) is 14.4 Å². The number of rotatable bonds is 8. The van der Waals surface area contributed by atoms with E-state index >= 15 is 0 Å². The van der Waals surface area contributed by atoms with Gasteiger partial charge in [0.2, 0.25) is 0 Å². The van der Waals surface area contributed by atoms with E-state index in [4.69, 9.17) is 5.11 Å². The van der Waals surface area contributed by atoms with Crippen LogP contribution in [0.3, 0.4) is 0 Å². The largest absolute Gasteiger partial charge is 0.477 e. The number of ketones is 1. The lowest BCUT2D eigenvalue weighted by Crippen LogP contribution is -2.18. The molecule has 0 spiro atoms. The summed E-state index contributed by atoms with van der Waals surface area (Å²) >= 11 is 0. The van der Waals surface area contributed by atoms with Crippen LogP contribution in [0.15, 0.2) is 70.2 Å². The van der Waals surface area contributed by atoms with Gasteiger partial charge in [-0.2, -0.15) is 0 Å². The molecular formula is C24H30N2O4. The molecule has 0 aliphatic heterocycles. The van der Waals surface area contributed by atoms with E-state index < -0.39 is 5.97 Å². The third-order valence-corrected chi connectivity index (χ3v) is 4.60. The monoisotopic (exact) mass is 410 g/mol. The third kappa shape index (κ3) is 8.39. The number of nitrogens with zero attached hydrogens (tertiary/aromatic N) is 2. The molecule has 0 saturated carbocycles. The molecule has 1 aromatic carbocycles. The van der Waals surface area contributed by atoms with Gasteiger partial charge in [0.15, 0.2) is 5.78 Å². The molecule has 6 nitrogen and oxygen atoms in total. The second kappa shape index (κ2) is 13.0. The van der Waals surface area contributed by atoms with Gasteiger partial charge in [-0.05, 0) is 37.0 Å². The van der Waals surface area contributed by atoms with E-state index in [1.807, 2.05) is 19.2 Å². The van der Waals surface area contributed by atoms with E-state index in [1.54, 1.807) is 30.5 Å². The Morgan fingerprint density at radius 3 is 2.23 bits per heavy atom. The summed E-state index contributed by atoms with van der Waals surface area (Å²) in [7, 11) is 0. The van der Waals surface area contributed by atoms with Crippen LogP contribution in [0, 0.1) is 5.92 Å². The summed E-state index contributed by atoms with van der Waals surface area (Å²) in [6, 6.07) is 13.6. The van der Waals surface area contributed by atoms with Crippen LogP contribution in [0.4, 0.5) is 0 Å². The van der Waals surface area contributed by atoms with Crippen molar-refractivity contribution >= 4 is 18.0 Å². The number of carboxylic acids is 1. The highest BCUT2D eigenvalue weighted by Crippen LogP contribution is 2.06. The van der Waals surface area contributed by atoms with E-state index in [0.29, 0.717) is 6.54 Å². The van der Waals surface area contributed by atoms with Gasteiger partial charge in [-0.1, -0.05) is 57.2 Å². The Morgan fingerprint density at radius 1 is 1.10 bits per heavy atom. The summed E-state index contributed by atoms with van der Waals surface area (Å²) < 4.78 is 1.71. The third-order valence-electron chi connectivity index (χ3n) is 4.60. The number of aryl methyl sites for hydroxylation is 1. The van der Waals surface area contributed by atoms with Crippen molar-refractivity contribution < 1.29 is 14.7 Å². The lowest BCUT2D eigenvalue weighted by atomic mass is 10.1. The number of Topliss-reactive ketones (excluding diaryl/α,β-unsaturated/α-hetero) is 1. The van der Waals surface area contributed by atoms with Crippen LogP contribution >= 0.6 is 0 Å². The molecule has 2 rings (SSSR count). The Hall–Kier alpha value is -3.28. The number of carbonyl (C=O) groups is 2. The van der Waals surface area contributed by atoms with Gasteiger partial charge >= 0.3 is 5.97 Å². The minimum atomic E-state index is -1.12. The second-order valence-corrected chi connectivity index (χ2v) is 6.79. The van der Waals surface area contributed by atoms with Crippen LogP contribution < -0.4 is 5.56 Å². The fraction of sp³-hybridized carbons (Fsp3) is 0.333. The summed E-state index contributed by atoms with van der Waals surface area (Å²) in [5.41, 5.74) is 2.42. The molecule has 1 aromatic heterocycles. The number of carboxylic acid groups (broad SMARTS) is 1. The van der Waals surface area contributed by atoms with Gasteiger partial charge in [0.25, 0.3) is 5.56 Å². The molecule has 1 unspecified atom stereocenters. The standard InChI is InChI=1S/C14H15NO.C10H15NO3/c1-2-12-6-8-13(9-7-12)11-15-10-4-3-5-14(15)16;1-4-7(3)9(12)6-11-8(5-2)10(13)14/h3-10H,2,11H2,1H3;5-7H,4H2,1-3H3,(H,13,14)/b;8-5-,11-6?. The summed E-state index contributed by atoms with van der Waals surface area (Å²) in [5.74, 6) is -1.38. The zero-order valence-corrected chi connectivity index (χ0v) is 18.0.